The summed E-state index contributed by atoms with van der Waals surface area (Å²) in [7, 11) is 2.05. The van der Waals surface area contributed by atoms with Gasteiger partial charge in [0, 0.05) is 12.6 Å². The van der Waals surface area contributed by atoms with Gasteiger partial charge in [0.05, 0.1) is 6.61 Å². The molecular weight excluding hydrogens is 212 g/mol. The molecule has 0 saturated heterocycles. The molecule has 0 heterocycles. The first-order chi connectivity index (χ1) is 8.27. The molecule has 3 nitrogen and oxygen atoms in total. The van der Waals surface area contributed by atoms with Gasteiger partial charge in [0.15, 0.2) is 0 Å². The number of benzene rings is 1. The molecule has 1 unspecified atom stereocenters. The fourth-order valence-corrected chi connectivity index (χ4v) is 1.95. The summed E-state index contributed by atoms with van der Waals surface area (Å²) < 4.78 is 0. The second-order valence-corrected chi connectivity index (χ2v) is 4.34. The summed E-state index contributed by atoms with van der Waals surface area (Å²) in [6.45, 7) is 5.07. The molecule has 17 heavy (non-hydrogen) atoms. The SMILES string of the molecule is CCNC(CCN(C)CCO)c1ccccc1. The lowest BCUT2D eigenvalue weighted by atomic mass is 10.0. The van der Waals surface area contributed by atoms with Crippen molar-refractivity contribution in [1.82, 2.24) is 10.2 Å². The van der Waals surface area contributed by atoms with Crippen LogP contribution < -0.4 is 5.32 Å². The van der Waals surface area contributed by atoms with Gasteiger partial charge in [0.25, 0.3) is 0 Å². The maximum Gasteiger partial charge on any atom is 0.0558 e. The number of likely N-dealkylation sites (N-methyl/N-ethyl adjacent to an activating group) is 1. The molecule has 0 radical (unpaired) electrons. The van der Waals surface area contributed by atoms with E-state index in [1.54, 1.807) is 0 Å². The predicted molar refractivity (Wildman–Crippen MR) is 72.1 cm³/mol. The molecular formula is C14H24N2O. The second-order valence-electron chi connectivity index (χ2n) is 4.34. The highest BCUT2D eigenvalue weighted by molar-refractivity contribution is 5.18. The molecule has 3 heteroatoms. The van der Waals surface area contributed by atoms with Crippen LogP contribution in [0.2, 0.25) is 0 Å². The van der Waals surface area contributed by atoms with Crippen LogP contribution in [0.15, 0.2) is 30.3 Å². The molecule has 0 aliphatic heterocycles. The molecule has 1 aromatic rings. The van der Waals surface area contributed by atoms with Gasteiger partial charge in [-0.3, -0.25) is 0 Å². The van der Waals surface area contributed by atoms with Gasteiger partial charge in [0.2, 0.25) is 0 Å². The first kappa shape index (κ1) is 14.2. The third-order valence-corrected chi connectivity index (χ3v) is 2.93. The van der Waals surface area contributed by atoms with Crippen molar-refractivity contribution < 1.29 is 5.11 Å². The second kappa shape index (κ2) is 8.23. The number of aliphatic hydroxyl groups is 1. The Labute approximate surface area is 104 Å². The maximum atomic E-state index is 8.87. The Balaban J connectivity index is 2.49. The van der Waals surface area contributed by atoms with Crippen LogP contribution >= 0.6 is 0 Å². The van der Waals surface area contributed by atoms with Gasteiger partial charge in [-0.15, -0.1) is 0 Å². The summed E-state index contributed by atoms with van der Waals surface area (Å²) in [5, 5.41) is 12.4. The van der Waals surface area contributed by atoms with Gasteiger partial charge in [-0.1, -0.05) is 37.3 Å². The number of nitrogens with one attached hydrogen (secondary N) is 1. The average Bonchev–Trinajstić information content (AvgIpc) is 2.36. The Morgan fingerprint density at radius 1 is 1.24 bits per heavy atom. The highest BCUT2D eigenvalue weighted by Crippen LogP contribution is 2.16. The molecule has 1 aromatic carbocycles. The smallest absolute Gasteiger partial charge is 0.0558 e. The lowest BCUT2D eigenvalue weighted by Gasteiger charge is -2.22. The topological polar surface area (TPSA) is 35.5 Å². The Kier molecular flexibility index (Phi) is 6.86. The zero-order valence-electron chi connectivity index (χ0n) is 10.9. The van der Waals surface area contributed by atoms with Crippen LogP contribution in [0.25, 0.3) is 0 Å². The lowest BCUT2D eigenvalue weighted by Crippen LogP contribution is -2.28. The predicted octanol–water partition coefficient (Wildman–Crippen LogP) is 1.65. The van der Waals surface area contributed by atoms with Crippen LogP contribution in [0.4, 0.5) is 0 Å². The standard InChI is InChI=1S/C14H24N2O/c1-3-15-14(9-10-16(2)11-12-17)13-7-5-4-6-8-13/h4-8,14-15,17H,3,9-12H2,1-2H3. The third kappa shape index (κ3) is 5.31. The van der Waals surface area contributed by atoms with Crippen molar-refractivity contribution in [2.24, 2.45) is 0 Å². The van der Waals surface area contributed by atoms with E-state index in [9.17, 15) is 0 Å². The van der Waals surface area contributed by atoms with Crippen LogP contribution in [0.5, 0.6) is 0 Å². The highest BCUT2D eigenvalue weighted by Gasteiger charge is 2.10. The molecule has 0 bridgehead atoms. The molecule has 0 aliphatic carbocycles. The molecule has 96 valence electrons. The Morgan fingerprint density at radius 3 is 2.53 bits per heavy atom. The average molecular weight is 236 g/mol. The zero-order chi connectivity index (χ0) is 12.5. The number of aliphatic hydroxyl groups excluding tert-OH is 1. The van der Waals surface area contributed by atoms with E-state index in [2.05, 4.69) is 41.4 Å². The minimum absolute atomic E-state index is 0.230. The van der Waals surface area contributed by atoms with Gasteiger partial charge in [0.1, 0.15) is 0 Å². The Hall–Kier alpha value is -0.900. The van der Waals surface area contributed by atoms with Crippen LogP contribution in [-0.2, 0) is 0 Å². The van der Waals surface area contributed by atoms with Crippen molar-refractivity contribution in [3.63, 3.8) is 0 Å². The van der Waals surface area contributed by atoms with Gasteiger partial charge in [-0.2, -0.15) is 0 Å². The van der Waals surface area contributed by atoms with E-state index >= 15 is 0 Å². The number of hydrogen-bond acceptors (Lipinski definition) is 3. The van der Waals surface area contributed by atoms with E-state index in [0.717, 1.165) is 26.1 Å². The van der Waals surface area contributed by atoms with Gasteiger partial charge in [-0.05, 0) is 32.1 Å². The van der Waals surface area contributed by atoms with Gasteiger partial charge in [-0.25, -0.2) is 0 Å². The zero-order valence-corrected chi connectivity index (χ0v) is 10.9. The van der Waals surface area contributed by atoms with Crippen molar-refractivity contribution in [3.05, 3.63) is 35.9 Å². The molecule has 0 aliphatic rings. The molecule has 0 aromatic heterocycles. The number of hydrogen-bond donors (Lipinski definition) is 2. The normalized spacial score (nSPS) is 12.9. The monoisotopic (exact) mass is 236 g/mol. The first-order valence-corrected chi connectivity index (χ1v) is 6.35. The number of nitrogens with zero attached hydrogens (tertiary/aromatic N) is 1. The quantitative estimate of drug-likeness (QED) is 0.720. The Bertz CT molecular complexity index is 290. The fourth-order valence-electron chi connectivity index (χ4n) is 1.95. The molecule has 0 spiro atoms. The van der Waals surface area contributed by atoms with E-state index in [-0.39, 0.29) is 6.61 Å². The van der Waals surface area contributed by atoms with E-state index in [0.29, 0.717) is 6.04 Å². The highest BCUT2D eigenvalue weighted by atomic mass is 16.3. The van der Waals surface area contributed by atoms with Crippen molar-refractivity contribution in [3.8, 4) is 0 Å². The van der Waals surface area contributed by atoms with Gasteiger partial charge < -0.3 is 15.3 Å². The minimum Gasteiger partial charge on any atom is -0.395 e. The van der Waals surface area contributed by atoms with Crippen LogP contribution in [0, 0.1) is 0 Å². The third-order valence-electron chi connectivity index (χ3n) is 2.93. The summed E-state index contributed by atoms with van der Waals surface area (Å²) in [6, 6.07) is 10.9. The minimum atomic E-state index is 0.230. The van der Waals surface area contributed by atoms with E-state index < -0.39 is 0 Å². The van der Waals surface area contributed by atoms with Crippen LogP contribution in [0.3, 0.4) is 0 Å². The van der Waals surface area contributed by atoms with Crippen molar-refractivity contribution in [2.75, 3.05) is 33.3 Å². The van der Waals surface area contributed by atoms with Crippen LogP contribution in [-0.4, -0.2) is 43.3 Å². The number of rotatable bonds is 8. The fraction of sp³-hybridized carbons (Fsp3) is 0.571. The van der Waals surface area contributed by atoms with Crippen molar-refractivity contribution in [2.45, 2.75) is 19.4 Å². The largest absolute Gasteiger partial charge is 0.395 e. The molecule has 0 fully saturated rings. The van der Waals surface area contributed by atoms with Crippen molar-refractivity contribution >= 4 is 0 Å². The summed E-state index contributed by atoms with van der Waals surface area (Å²) in [6.07, 6.45) is 1.06. The van der Waals surface area contributed by atoms with E-state index in [4.69, 9.17) is 5.11 Å². The molecule has 2 N–H and O–H groups in total. The summed E-state index contributed by atoms with van der Waals surface area (Å²) in [5.41, 5.74) is 1.34. The van der Waals surface area contributed by atoms with Crippen molar-refractivity contribution in [1.29, 1.82) is 0 Å². The summed E-state index contributed by atoms with van der Waals surface area (Å²) in [5.74, 6) is 0. The molecule has 1 rings (SSSR count). The molecule has 1 atom stereocenters. The maximum absolute atomic E-state index is 8.87. The molecule has 0 saturated carbocycles. The summed E-state index contributed by atoms with van der Waals surface area (Å²) in [4.78, 5) is 2.16. The van der Waals surface area contributed by atoms with Gasteiger partial charge >= 0.3 is 0 Å². The summed E-state index contributed by atoms with van der Waals surface area (Å²) >= 11 is 0. The Morgan fingerprint density at radius 2 is 1.94 bits per heavy atom. The molecule has 0 amide bonds. The van der Waals surface area contributed by atoms with Crippen LogP contribution in [0.1, 0.15) is 24.9 Å². The van der Waals surface area contributed by atoms with E-state index in [1.165, 1.54) is 5.56 Å². The van der Waals surface area contributed by atoms with E-state index in [1.807, 2.05) is 13.1 Å². The first-order valence-electron chi connectivity index (χ1n) is 6.35. The lowest BCUT2D eigenvalue weighted by molar-refractivity contribution is 0.215.